The van der Waals surface area contributed by atoms with E-state index in [1.807, 2.05) is 0 Å². The lowest BCUT2D eigenvalue weighted by molar-refractivity contribution is -0.124. The number of carbonyl (C=O) groups is 1. The highest BCUT2D eigenvalue weighted by atomic mass is 32.1. The molecule has 16 heavy (non-hydrogen) atoms. The maximum Gasteiger partial charge on any atom is 0.140 e. The summed E-state index contributed by atoms with van der Waals surface area (Å²) in [4.78, 5) is 12.2. The number of hydrogen-bond donors (Lipinski definition) is 0. The topological polar surface area (TPSA) is 17.1 Å². The number of Topliss-reactive ketones (excluding diaryl/α,β-unsaturated/α-hetero) is 1. The molecule has 2 unspecified atom stereocenters. The second-order valence-corrected chi connectivity index (χ2v) is 6.17. The smallest absolute Gasteiger partial charge is 0.140 e. The van der Waals surface area contributed by atoms with Crippen molar-refractivity contribution in [2.24, 2.45) is 17.8 Å². The van der Waals surface area contributed by atoms with Gasteiger partial charge >= 0.3 is 0 Å². The molecule has 1 aromatic heterocycles. The Morgan fingerprint density at radius 2 is 2.00 bits per heavy atom. The average Bonchev–Trinajstić information content (AvgIpc) is 2.68. The normalized spacial score (nSPS) is 30.2. The van der Waals surface area contributed by atoms with Crippen molar-refractivity contribution in [2.45, 2.75) is 39.5 Å². The first kappa shape index (κ1) is 11.8. The Morgan fingerprint density at radius 1 is 1.31 bits per heavy atom. The van der Waals surface area contributed by atoms with Crippen molar-refractivity contribution in [3.05, 3.63) is 22.4 Å². The van der Waals surface area contributed by atoms with E-state index in [1.165, 1.54) is 12.0 Å². The van der Waals surface area contributed by atoms with Gasteiger partial charge in [-0.05, 0) is 53.5 Å². The number of hydrogen-bond acceptors (Lipinski definition) is 2. The minimum absolute atomic E-state index is 0.318. The largest absolute Gasteiger partial charge is 0.299 e. The van der Waals surface area contributed by atoms with Crippen molar-refractivity contribution in [3.63, 3.8) is 0 Å². The van der Waals surface area contributed by atoms with Gasteiger partial charge in [0, 0.05) is 12.3 Å². The summed E-state index contributed by atoms with van der Waals surface area (Å²) in [6.45, 7) is 4.56. The van der Waals surface area contributed by atoms with E-state index >= 15 is 0 Å². The van der Waals surface area contributed by atoms with Gasteiger partial charge in [-0.2, -0.15) is 11.3 Å². The molecule has 1 fully saturated rings. The minimum Gasteiger partial charge on any atom is -0.299 e. The van der Waals surface area contributed by atoms with Crippen molar-refractivity contribution in [1.82, 2.24) is 0 Å². The molecule has 0 amide bonds. The predicted octanol–water partition coefficient (Wildman–Crippen LogP) is 3.93. The van der Waals surface area contributed by atoms with Gasteiger partial charge in [0.05, 0.1) is 0 Å². The van der Waals surface area contributed by atoms with Gasteiger partial charge in [-0.1, -0.05) is 13.8 Å². The van der Waals surface area contributed by atoms with E-state index in [0.717, 1.165) is 24.7 Å². The molecular weight excluding hydrogens is 216 g/mol. The summed E-state index contributed by atoms with van der Waals surface area (Å²) in [7, 11) is 0. The van der Waals surface area contributed by atoms with Gasteiger partial charge in [-0.15, -0.1) is 0 Å². The molecule has 0 aromatic carbocycles. The van der Waals surface area contributed by atoms with Crippen LogP contribution in [0.5, 0.6) is 0 Å². The maximum absolute atomic E-state index is 12.2. The fourth-order valence-electron chi connectivity index (χ4n) is 2.95. The van der Waals surface area contributed by atoms with Crippen LogP contribution in [0.15, 0.2) is 16.8 Å². The number of carbonyl (C=O) groups excluding carboxylic acids is 1. The standard InChI is InChI=1S/C14H20OS/c1-10-5-11(2)7-13(6-10)14(15)8-12-3-4-16-9-12/h3-4,9-11,13H,5-8H2,1-2H3. The molecule has 88 valence electrons. The van der Waals surface area contributed by atoms with Crippen LogP contribution in [0.4, 0.5) is 0 Å². The predicted molar refractivity (Wildman–Crippen MR) is 68.7 cm³/mol. The first-order valence-corrected chi connectivity index (χ1v) is 7.13. The molecule has 0 spiro atoms. The molecule has 2 rings (SSSR count). The molecule has 2 heteroatoms. The molecule has 0 bridgehead atoms. The van der Waals surface area contributed by atoms with Crippen molar-refractivity contribution in [3.8, 4) is 0 Å². The summed E-state index contributed by atoms with van der Waals surface area (Å²) >= 11 is 1.68. The second-order valence-electron chi connectivity index (χ2n) is 5.39. The summed E-state index contributed by atoms with van der Waals surface area (Å²) in [5, 5.41) is 4.14. The molecular formula is C14H20OS. The summed E-state index contributed by atoms with van der Waals surface area (Å²) in [6, 6.07) is 2.07. The minimum atomic E-state index is 0.318. The van der Waals surface area contributed by atoms with Crippen LogP contribution in [0.25, 0.3) is 0 Å². The zero-order valence-electron chi connectivity index (χ0n) is 10.1. The Bertz CT molecular complexity index is 332. The van der Waals surface area contributed by atoms with Crippen LogP contribution >= 0.6 is 11.3 Å². The molecule has 1 saturated carbocycles. The molecule has 1 aliphatic carbocycles. The van der Waals surface area contributed by atoms with Gasteiger partial charge in [0.2, 0.25) is 0 Å². The van der Waals surface area contributed by atoms with Crippen LogP contribution in [0.3, 0.4) is 0 Å². The first-order valence-electron chi connectivity index (χ1n) is 6.19. The Kier molecular flexibility index (Phi) is 3.80. The van der Waals surface area contributed by atoms with Crippen molar-refractivity contribution >= 4 is 17.1 Å². The third kappa shape index (κ3) is 2.94. The summed E-state index contributed by atoms with van der Waals surface area (Å²) < 4.78 is 0. The third-order valence-electron chi connectivity index (χ3n) is 3.59. The molecule has 2 atom stereocenters. The molecule has 0 radical (unpaired) electrons. The molecule has 0 N–H and O–H groups in total. The first-order chi connectivity index (χ1) is 7.65. The lowest BCUT2D eigenvalue weighted by atomic mass is 9.74. The van der Waals surface area contributed by atoms with Crippen LogP contribution in [0.1, 0.15) is 38.7 Å². The van der Waals surface area contributed by atoms with Gasteiger partial charge in [-0.25, -0.2) is 0 Å². The van der Waals surface area contributed by atoms with Crippen LogP contribution in [0, 0.1) is 17.8 Å². The van der Waals surface area contributed by atoms with Crippen LogP contribution in [-0.2, 0) is 11.2 Å². The van der Waals surface area contributed by atoms with Crippen molar-refractivity contribution in [2.75, 3.05) is 0 Å². The van der Waals surface area contributed by atoms with Crippen LogP contribution < -0.4 is 0 Å². The van der Waals surface area contributed by atoms with Gasteiger partial charge in [0.25, 0.3) is 0 Å². The molecule has 1 nitrogen and oxygen atoms in total. The number of thiophene rings is 1. The van der Waals surface area contributed by atoms with Gasteiger partial charge < -0.3 is 0 Å². The Balaban J connectivity index is 1.94. The summed E-state index contributed by atoms with van der Waals surface area (Å²) in [5.41, 5.74) is 1.20. The average molecular weight is 236 g/mol. The van der Waals surface area contributed by atoms with E-state index in [9.17, 15) is 4.79 Å². The Morgan fingerprint density at radius 3 is 2.56 bits per heavy atom. The maximum atomic E-state index is 12.2. The van der Waals surface area contributed by atoms with E-state index in [2.05, 4.69) is 30.7 Å². The van der Waals surface area contributed by atoms with Crippen molar-refractivity contribution in [1.29, 1.82) is 0 Å². The van der Waals surface area contributed by atoms with E-state index in [1.54, 1.807) is 11.3 Å². The SMILES string of the molecule is CC1CC(C)CC(C(=O)Cc2ccsc2)C1. The Hall–Kier alpha value is -0.630. The van der Waals surface area contributed by atoms with E-state index in [0.29, 0.717) is 18.1 Å². The number of rotatable bonds is 3. The molecule has 1 heterocycles. The summed E-state index contributed by atoms with van der Waals surface area (Å²) in [5.74, 6) is 2.22. The van der Waals surface area contributed by atoms with Gasteiger partial charge in [-0.3, -0.25) is 4.79 Å². The fraction of sp³-hybridized carbons (Fsp3) is 0.643. The van der Waals surface area contributed by atoms with E-state index in [4.69, 9.17) is 0 Å². The zero-order valence-corrected chi connectivity index (χ0v) is 10.9. The lowest BCUT2D eigenvalue weighted by Crippen LogP contribution is -2.27. The van der Waals surface area contributed by atoms with E-state index < -0.39 is 0 Å². The molecule has 0 aliphatic heterocycles. The Labute approximate surface area is 102 Å². The van der Waals surface area contributed by atoms with Crippen LogP contribution in [-0.4, -0.2) is 5.78 Å². The zero-order chi connectivity index (χ0) is 11.5. The highest BCUT2D eigenvalue weighted by molar-refractivity contribution is 7.07. The van der Waals surface area contributed by atoms with E-state index in [-0.39, 0.29) is 0 Å². The molecule has 1 aliphatic rings. The lowest BCUT2D eigenvalue weighted by Gasteiger charge is -2.30. The van der Waals surface area contributed by atoms with Gasteiger partial charge in [0.1, 0.15) is 5.78 Å². The monoisotopic (exact) mass is 236 g/mol. The van der Waals surface area contributed by atoms with Crippen molar-refractivity contribution < 1.29 is 4.79 Å². The second kappa shape index (κ2) is 5.13. The third-order valence-corrected chi connectivity index (χ3v) is 4.32. The van der Waals surface area contributed by atoms with Crippen LogP contribution in [0.2, 0.25) is 0 Å². The quantitative estimate of drug-likeness (QED) is 0.777. The highest BCUT2D eigenvalue weighted by Crippen LogP contribution is 2.33. The highest BCUT2D eigenvalue weighted by Gasteiger charge is 2.28. The molecule has 0 saturated heterocycles. The number of ketones is 1. The van der Waals surface area contributed by atoms with Gasteiger partial charge in [0.15, 0.2) is 0 Å². The fourth-order valence-corrected chi connectivity index (χ4v) is 3.62. The molecule has 1 aromatic rings. The summed E-state index contributed by atoms with van der Waals surface area (Å²) in [6.07, 6.45) is 4.15.